The Hall–Kier alpha value is -2.51. The van der Waals surface area contributed by atoms with Crippen LogP contribution < -0.4 is 9.47 Å². The van der Waals surface area contributed by atoms with Crippen molar-refractivity contribution in [3.05, 3.63) is 59.7 Å². The summed E-state index contributed by atoms with van der Waals surface area (Å²) in [5, 5.41) is 18.4. The molecule has 1 unspecified atom stereocenters. The van der Waals surface area contributed by atoms with Gasteiger partial charge in [0.15, 0.2) is 6.10 Å². The van der Waals surface area contributed by atoms with Gasteiger partial charge in [-0.05, 0) is 17.7 Å². The summed E-state index contributed by atoms with van der Waals surface area (Å²) in [6.45, 7) is 0.413. The lowest BCUT2D eigenvalue weighted by molar-refractivity contribution is 0.233. The molecule has 0 aliphatic carbocycles. The van der Waals surface area contributed by atoms with Gasteiger partial charge in [0.05, 0.1) is 13.2 Å². The van der Waals surface area contributed by atoms with Crippen LogP contribution in [0.25, 0.3) is 0 Å². The molecular weight excluding hydrogens is 254 g/mol. The van der Waals surface area contributed by atoms with Crippen LogP contribution in [0.2, 0.25) is 0 Å². The normalized spacial score (nSPS) is 11.4. The number of aliphatic hydroxyl groups excluding tert-OH is 1. The Morgan fingerprint density at radius 3 is 2.50 bits per heavy atom. The summed E-state index contributed by atoms with van der Waals surface area (Å²) in [7, 11) is 1.53. The highest BCUT2D eigenvalue weighted by Gasteiger charge is 2.10. The fourth-order valence-corrected chi connectivity index (χ4v) is 1.77. The number of nitrogens with zero attached hydrogens (tertiary/aromatic N) is 1. The minimum atomic E-state index is -1.19. The lowest BCUT2D eigenvalue weighted by atomic mass is 10.1. The standard InChI is InChI=1S/C16H15NO3/c1-19-14-7-13(16(18)10-17)8-15(9-14)20-11-12-5-3-2-4-6-12/h2-9,16,18H,11H2,1H3. The van der Waals surface area contributed by atoms with Gasteiger partial charge in [-0.1, -0.05) is 30.3 Å². The van der Waals surface area contributed by atoms with E-state index in [1.165, 1.54) is 7.11 Å². The molecule has 102 valence electrons. The summed E-state index contributed by atoms with van der Waals surface area (Å²) < 4.78 is 10.8. The molecule has 0 heterocycles. The molecular formula is C16H15NO3. The summed E-state index contributed by atoms with van der Waals surface area (Å²) in [4.78, 5) is 0. The van der Waals surface area contributed by atoms with E-state index in [-0.39, 0.29) is 0 Å². The predicted octanol–water partition coefficient (Wildman–Crippen LogP) is 2.83. The Bertz CT molecular complexity index is 605. The van der Waals surface area contributed by atoms with E-state index in [0.717, 1.165) is 5.56 Å². The van der Waals surface area contributed by atoms with E-state index >= 15 is 0 Å². The number of ether oxygens (including phenoxy) is 2. The molecule has 0 amide bonds. The lowest BCUT2D eigenvalue weighted by Crippen LogP contribution is -1.99. The fraction of sp³-hybridized carbons (Fsp3) is 0.188. The van der Waals surface area contributed by atoms with Gasteiger partial charge in [-0.15, -0.1) is 0 Å². The highest BCUT2D eigenvalue weighted by atomic mass is 16.5. The van der Waals surface area contributed by atoms with E-state index in [9.17, 15) is 5.11 Å². The van der Waals surface area contributed by atoms with Crippen LogP contribution in [0.5, 0.6) is 11.5 Å². The number of benzene rings is 2. The molecule has 20 heavy (non-hydrogen) atoms. The third kappa shape index (κ3) is 3.50. The summed E-state index contributed by atoms with van der Waals surface area (Å²) in [5.74, 6) is 1.09. The van der Waals surface area contributed by atoms with Gasteiger partial charge in [-0.2, -0.15) is 5.26 Å². The van der Waals surface area contributed by atoms with Crippen molar-refractivity contribution >= 4 is 0 Å². The molecule has 0 fully saturated rings. The Balaban J connectivity index is 2.17. The first-order valence-electron chi connectivity index (χ1n) is 6.16. The van der Waals surface area contributed by atoms with Crippen LogP contribution in [0, 0.1) is 11.3 Å². The maximum atomic E-state index is 9.59. The van der Waals surface area contributed by atoms with Crippen molar-refractivity contribution in [1.82, 2.24) is 0 Å². The SMILES string of the molecule is COc1cc(OCc2ccccc2)cc(C(O)C#N)c1. The monoisotopic (exact) mass is 269 g/mol. The van der Waals surface area contributed by atoms with Gasteiger partial charge in [0.1, 0.15) is 18.1 Å². The van der Waals surface area contributed by atoms with Gasteiger partial charge in [-0.25, -0.2) is 0 Å². The molecule has 0 spiro atoms. The van der Waals surface area contributed by atoms with Crippen LogP contribution in [0.1, 0.15) is 17.2 Å². The van der Waals surface area contributed by atoms with Crippen LogP contribution in [0.15, 0.2) is 48.5 Å². The number of methoxy groups -OCH3 is 1. The number of hydrogen-bond acceptors (Lipinski definition) is 4. The minimum absolute atomic E-state index is 0.413. The van der Waals surface area contributed by atoms with E-state index in [0.29, 0.717) is 23.7 Å². The van der Waals surface area contributed by atoms with Gasteiger partial charge < -0.3 is 14.6 Å². The third-order valence-corrected chi connectivity index (χ3v) is 2.82. The summed E-state index contributed by atoms with van der Waals surface area (Å²) >= 11 is 0. The second-order valence-electron chi connectivity index (χ2n) is 4.25. The molecule has 0 radical (unpaired) electrons. The van der Waals surface area contributed by atoms with Crippen molar-refractivity contribution in [1.29, 1.82) is 5.26 Å². The van der Waals surface area contributed by atoms with Crippen LogP contribution in [0.3, 0.4) is 0 Å². The van der Waals surface area contributed by atoms with E-state index in [1.54, 1.807) is 24.3 Å². The fourth-order valence-electron chi connectivity index (χ4n) is 1.77. The predicted molar refractivity (Wildman–Crippen MR) is 74.3 cm³/mol. The third-order valence-electron chi connectivity index (χ3n) is 2.82. The number of aliphatic hydroxyl groups is 1. The zero-order chi connectivity index (χ0) is 14.4. The van der Waals surface area contributed by atoms with E-state index in [4.69, 9.17) is 14.7 Å². The second-order valence-corrected chi connectivity index (χ2v) is 4.25. The molecule has 2 aromatic carbocycles. The first-order valence-corrected chi connectivity index (χ1v) is 6.16. The molecule has 0 bridgehead atoms. The van der Waals surface area contributed by atoms with Crippen molar-refractivity contribution < 1.29 is 14.6 Å². The van der Waals surface area contributed by atoms with Gasteiger partial charge in [0, 0.05) is 11.6 Å². The molecule has 0 saturated carbocycles. The van der Waals surface area contributed by atoms with E-state index in [2.05, 4.69) is 0 Å². The summed E-state index contributed by atoms with van der Waals surface area (Å²) in [6, 6.07) is 16.5. The molecule has 0 aliphatic heterocycles. The molecule has 1 N–H and O–H groups in total. The highest BCUT2D eigenvalue weighted by Crippen LogP contribution is 2.27. The molecule has 2 aromatic rings. The average molecular weight is 269 g/mol. The molecule has 2 rings (SSSR count). The Morgan fingerprint density at radius 2 is 1.85 bits per heavy atom. The van der Waals surface area contributed by atoms with Gasteiger partial charge >= 0.3 is 0 Å². The van der Waals surface area contributed by atoms with Crippen LogP contribution in [-0.2, 0) is 6.61 Å². The van der Waals surface area contributed by atoms with Crippen LogP contribution in [-0.4, -0.2) is 12.2 Å². The lowest BCUT2D eigenvalue weighted by Gasteiger charge is -2.11. The number of rotatable bonds is 5. The largest absolute Gasteiger partial charge is 0.497 e. The maximum absolute atomic E-state index is 9.59. The molecule has 4 heteroatoms. The molecule has 4 nitrogen and oxygen atoms in total. The van der Waals surface area contributed by atoms with Gasteiger partial charge in [0.25, 0.3) is 0 Å². The topological polar surface area (TPSA) is 62.5 Å². The van der Waals surface area contributed by atoms with Crippen molar-refractivity contribution in [3.8, 4) is 17.6 Å². The minimum Gasteiger partial charge on any atom is -0.497 e. The molecule has 0 saturated heterocycles. The van der Waals surface area contributed by atoms with Crippen molar-refractivity contribution in [3.63, 3.8) is 0 Å². The first kappa shape index (κ1) is 13.9. The van der Waals surface area contributed by atoms with Gasteiger partial charge in [-0.3, -0.25) is 0 Å². The Kier molecular flexibility index (Phi) is 4.59. The summed E-state index contributed by atoms with van der Waals surface area (Å²) in [6.07, 6.45) is -1.19. The Morgan fingerprint density at radius 1 is 1.15 bits per heavy atom. The highest BCUT2D eigenvalue weighted by molar-refractivity contribution is 5.40. The zero-order valence-corrected chi connectivity index (χ0v) is 11.1. The van der Waals surface area contributed by atoms with E-state index in [1.807, 2.05) is 30.3 Å². The smallest absolute Gasteiger partial charge is 0.166 e. The van der Waals surface area contributed by atoms with Crippen LogP contribution in [0.4, 0.5) is 0 Å². The van der Waals surface area contributed by atoms with Crippen molar-refractivity contribution in [2.45, 2.75) is 12.7 Å². The first-order chi connectivity index (χ1) is 9.72. The quantitative estimate of drug-likeness (QED) is 0.848. The molecule has 0 aromatic heterocycles. The second kappa shape index (κ2) is 6.60. The van der Waals surface area contributed by atoms with E-state index < -0.39 is 6.10 Å². The Labute approximate surface area is 117 Å². The van der Waals surface area contributed by atoms with Crippen molar-refractivity contribution in [2.24, 2.45) is 0 Å². The maximum Gasteiger partial charge on any atom is 0.166 e. The number of nitriles is 1. The number of hydrogen-bond donors (Lipinski definition) is 1. The molecule has 1 atom stereocenters. The van der Waals surface area contributed by atoms with Crippen LogP contribution >= 0.6 is 0 Å². The zero-order valence-electron chi connectivity index (χ0n) is 11.1. The average Bonchev–Trinajstić information content (AvgIpc) is 2.52. The summed E-state index contributed by atoms with van der Waals surface area (Å²) in [5.41, 5.74) is 1.49. The van der Waals surface area contributed by atoms with Gasteiger partial charge in [0.2, 0.25) is 0 Å². The van der Waals surface area contributed by atoms with Crippen molar-refractivity contribution in [2.75, 3.05) is 7.11 Å². The molecule has 0 aliphatic rings.